The van der Waals surface area contributed by atoms with Crippen molar-refractivity contribution < 1.29 is 0 Å². The van der Waals surface area contributed by atoms with E-state index >= 15 is 0 Å². The Morgan fingerprint density at radius 3 is 1.60 bits per heavy atom. The highest BCUT2D eigenvalue weighted by Gasteiger charge is 1.64. The summed E-state index contributed by atoms with van der Waals surface area (Å²) in [6.07, 6.45) is 1.72. The molecule has 0 aliphatic carbocycles. The molecule has 1 nitrogen and oxygen atoms in total. The van der Waals surface area contributed by atoms with Gasteiger partial charge in [-0.3, -0.25) is 0 Å². The Bertz CT molecular complexity index is 170. The van der Waals surface area contributed by atoms with Gasteiger partial charge in [-0.25, -0.2) is 0 Å². The zero-order valence-corrected chi connectivity index (χ0v) is 6.65. The van der Waals surface area contributed by atoms with Gasteiger partial charge in [0.25, 0.3) is 0 Å². The highest BCUT2D eigenvalue weighted by atomic mass is 14.2. The van der Waals surface area contributed by atoms with Crippen LogP contribution in [0.3, 0.4) is 0 Å². The van der Waals surface area contributed by atoms with Gasteiger partial charge >= 0.3 is 0 Å². The minimum Gasteiger partial charge on any atom is -0.193 e. The Kier molecular flexibility index (Phi) is 8.87. The van der Waals surface area contributed by atoms with Gasteiger partial charge in [0.15, 0.2) is 0 Å². The van der Waals surface area contributed by atoms with Crippen LogP contribution in [-0.4, -0.2) is 0 Å². The van der Waals surface area contributed by atoms with Crippen LogP contribution in [-0.2, 0) is 0 Å². The molecule has 0 bridgehead atoms. The summed E-state index contributed by atoms with van der Waals surface area (Å²) in [5.74, 6) is 0. The molecule has 54 valence electrons. The number of nitriles is 1. The number of allylic oxidation sites excluding steroid dienone is 3. The van der Waals surface area contributed by atoms with E-state index in [1.807, 2.05) is 13.0 Å². The Balaban J connectivity index is 0. The van der Waals surface area contributed by atoms with E-state index in [9.17, 15) is 0 Å². The maximum Gasteiger partial charge on any atom is 0.0937 e. The molecule has 0 fully saturated rings. The zero-order chi connectivity index (χ0) is 8.57. The second kappa shape index (κ2) is 7.71. The Hall–Kier alpha value is -1.29. The minimum absolute atomic E-state index is 0.560. The number of hydrogen-bond acceptors (Lipinski definition) is 1. The third-order valence-corrected chi connectivity index (χ3v) is 0.539. The zero-order valence-electron chi connectivity index (χ0n) is 6.65. The molecule has 0 aromatic rings. The van der Waals surface area contributed by atoms with Crippen molar-refractivity contribution in [2.45, 2.75) is 13.8 Å². The summed E-state index contributed by atoms with van der Waals surface area (Å²) in [5.41, 5.74) is 1.58. The standard InChI is InChI=1S/C5H8.C4H5N/c1-4-5(2)3;1-4(2)3-5/h4H,1-2H2,3H3;1H2,2H3. The van der Waals surface area contributed by atoms with Crippen molar-refractivity contribution >= 4 is 0 Å². The molecule has 0 rings (SSSR count). The normalized spacial score (nSPS) is 6.10. The third kappa shape index (κ3) is 29.8. The van der Waals surface area contributed by atoms with E-state index in [2.05, 4.69) is 19.7 Å². The SMILES string of the molecule is C=C(C)C#N.C=CC(=C)C. The van der Waals surface area contributed by atoms with Crippen LogP contribution in [0.15, 0.2) is 37.0 Å². The lowest BCUT2D eigenvalue weighted by molar-refractivity contribution is 1.46. The smallest absolute Gasteiger partial charge is 0.0937 e. The molecule has 10 heavy (non-hydrogen) atoms. The summed E-state index contributed by atoms with van der Waals surface area (Å²) in [5, 5.41) is 7.79. The minimum atomic E-state index is 0.560. The second-order valence-electron chi connectivity index (χ2n) is 1.94. The number of rotatable bonds is 1. The molecule has 0 N–H and O–H groups in total. The van der Waals surface area contributed by atoms with Crippen molar-refractivity contribution in [1.29, 1.82) is 5.26 Å². The lowest BCUT2D eigenvalue weighted by Gasteiger charge is -1.71. The first kappa shape index (κ1) is 11.5. The van der Waals surface area contributed by atoms with Gasteiger partial charge in [0.1, 0.15) is 0 Å². The summed E-state index contributed by atoms with van der Waals surface area (Å²) in [6.45, 7) is 13.9. The van der Waals surface area contributed by atoms with Gasteiger partial charge in [0.2, 0.25) is 0 Å². The van der Waals surface area contributed by atoms with E-state index in [0.717, 1.165) is 5.57 Å². The van der Waals surface area contributed by atoms with Crippen molar-refractivity contribution in [2.24, 2.45) is 0 Å². The maximum absolute atomic E-state index is 7.79. The van der Waals surface area contributed by atoms with Gasteiger partial charge in [-0.05, 0) is 13.8 Å². The van der Waals surface area contributed by atoms with Gasteiger partial charge < -0.3 is 0 Å². The van der Waals surface area contributed by atoms with E-state index < -0.39 is 0 Å². The van der Waals surface area contributed by atoms with E-state index in [1.165, 1.54) is 0 Å². The predicted octanol–water partition coefficient (Wildman–Crippen LogP) is 2.83. The van der Waals surface area contributed by atoms with Crippen LogP contribution in [0, 0.1) is 11.3 Å². The molecule has 0 heterocycles. The van der Waals surface area contributed by atoms with Crippen molar-refractivity contribution in [3.8, 4) is 6.07 Å². The first-order chi connectivity index (χ1) is 4.54. The van der Waals surface area contributed by atoms with Crippen LogP contribution in [0.1, 0.15) is 13.8 Å². The lowest BCUT2D eigenvalue weighted by Crippen LogP contribution is -1.51. The fourth-order valence-corrected chi connectivity index (χ4v) is 0. The fraction of sp³-hybridized carbons (Fsp3) is 0.222. The van der Waals surface area contributed by atoms with Gasteiger partial charge in [-0.2, -0.15) is 5.26 Å². The van der Waals surface area contributed by atoms with Crippen molar-refractivity contribution in [2.75, 3.05) is 0 Å². The van der Waals surface area contributed by atoms with Gasteiger partial charge in [0, 0.05) is 5.57 Å². The van der Waals surface area contributed by atoms with E-state index in [-0.39, 0.29) is 0 Å². The molecule has 0 amide bonds. The molecule has 1 heteroatoms. The molecule has 0 saturated carbocycles. The molecule has 0 spiro atoms. The molecule has 0 atom stereocenters. The summed E-state index contributed by atoms with van der Waals surface area (Å²) in [4.78, 5) is 0. The molecule has 0 aliphatic rings. The quantitative estimate of drug-likeness (QED) is 0.400. The fourth-order valence-electron chi connectivity index (χ4n) is 0. The van der Waals surface area contributed by atoms with Crippen molar-refractivity contribution in [1.82, 2.24) is 0 Å². The van der Waals surface area contributed by atoms with Crippen LogP contribution in [0.25, 0.3) is 0 Å². The van der Waals surface area contributed by atoms with Crippen LogP contribution in [0.2, 0.25) is 0 Å². The second-order valence-corrected chi connectivity index (χ2v) is 1.94. The van der Waals surface area contributed by atoms with Crippen LogP contribution in [0.4, 0.5) is 0 Å². The predicted molar refractivity (Wildman–Crippen MR) is 45.4 cm³/mol. The highest BCUT2D eigenvalue weighted by Crippen LogP contribution is 1.81. The Morgan fingerprint density at radius 2 is 1.60 bits per heavy atom. The van der Waals surface area contributed by atoms with Crippen molar-refractivity contribution in [3.05, 3.63) is 37.0 Å². The molecule has 0 radical (unpaired) electrons. The summed E-state index contributed by atoms with van der Waals surface area (Å²) in [7, 11) is 0. The largest absolute Gasteiger partial charge is 0.193 e. The van der Waals surface area contributed by atoms with Gasteiger partial charge in [-0.1, -0.05) is 31.4 Å². The maximum atomic E-state index is 7.79. The monoisotopic (exact) mass is 135 g/mol. The highest BCUT2D eigenvalue weighted by molar-refractivity contribution is 5.11. The Morgan fingerprint density at radius 1 is 1.40 bits per heavy atom. The van der Waals surface area contributed by atoms with Gasteiger partial charge in [-0.15, -0.1) is 0 Å². The molecular weight excluding hydrogens is 122 g/mol. The molecular formula is C9H13N. The number of nitrogens with zero attached hydrogens (tertiary/aromatic N) is 1. The third-order valence-electron chi connectivity index (χ3n) is 0.539. The molecule has 0 aromatic heterocycles. The Labute approximate surface area is 63.0 Å². The first-order valence-corrected chi connectivity index (χ1v) is 2.88. The molecule has 0 saturated heterocycles. The average Bonchev–Trinajstić information content (AvgIpc) is 1.89. The lowest BCUT2D eigenvalue weighted by atomic mass is 10.4. The van der Waals surface area contributed by atoms with Gasteiger partial charge in [0.05, 0.1) is 6.07 Å². The van der Waals surface area contributed by atoms with E-state index in [1.54, 1.807) is 13.0 Å². The average molecular weight is 135 g/mol. The van der Waals surface area contributed by atoms with Crippen LogP contribution < -0.4 is 0 Å². The number of hydrogen-bond donors (Lipinski definition) is 0. The summed E-state index contributed by atoms with van der Waals surface area (Å²) in [6, 6.07) is 1.83. The topological polar surface area (TPSA) is 23.8 Å². The molecule has 0 aliphatic heterocycles. The summed E-state index contributed by atoms with van der Waals surface area (Å²) < 4.78 is 0. The molecule has 0 unspecified atom stereocenters. The summed E-state index contributed by atoms with van der Waals surface area (Å²) >= 11 is 0. The van der Waals surface area contributed by atoms with E-state index in [4.69, 9.17) is 5.26 Å². The van der Waals surface area contributed by atoms with Crippen LogP contribution >= 0.6 is 0 Å². The van der Waals surface area contributed by atoms with E-state index in [0.29, 0.717) is 5.57 Å². The van der Waals surface area contributed by atoms with Crippen LogP contribution in [0.5, 0.6) is 0 Å². The van der Waals surface area contributed by atoms with Crippen molar-refractivity contribution in [3.63, 3.8) is 0 Å². The first-order valence-electron chi connectivity index (χ1n) is 2.88. The molecule has 0 aromatic carbocycles.